The normalized spacial score (nSPS) is 22.1. The van der Waals surface area contributed by atoms with Crippen molar-refractivity contribution in [1.29, 1.82) is 0 Å². The monoisotopic (exact) mass is 247 g/mol. The molecule has 2 rings (SSSR count). The van der Waals surface area contributed by atoms with Gasteiger partial charge in [0.2, 0.25) is 0 Å². The minimum Gasteiger partial charge on any atom is -0.494 e. The quantitative estimate of drug-likeness (QED) is 0.855. The van der Waals surface area contributed by atoms with Gasteiger partial charge in [0.15, 0.2) is 0 Å². The van der Waals surface area contributed by atoms with Gasteiger partial charge in [-0.1, -0.05) is 26.0 Å². The molecule has 1 N–H and O–H groups in total. The first-order valence-corrected chi connectivity index (χ1v) is 7.04. The number of ether oxygens (including phenoxy) is 1. The Morgan fingerprint density at radius 2 is 2.00 bits per heavy atom. The average Bonchev–Trinajstić information content (AvgIpc) is 2.69. The van der Waals surface area contributed by atoms with Gasteiger partial charge in [0.25, 0.3) is 0 Å². The summed E-state index contributed by atoms with van der Waals surface area (Å²) in [5, 5.41) is 3.66. The highest BCUT2D eigenvalue weighted by atomic mass is 16.5. The summed E-state index contributed by atoms with van der Waals surface area (Å²) in [4.78, 5) is 0. The van der Waals surface area contributed by atoms with E-state index >= 15 is 0 Å². The van der Waals surface area contributed by atoms with Gasteiger partial charge in [0, 0.05) is 12.6 Å². The minimum absolute atomic E-state index is 0.524. The third kappa shape index (κ3) is 3.74. The molecule has 1 unspecified atom stereocenters. The zero-order valence-electron chi connectivity index (χ0n) is 11.8. The van der Waals surface area contributed by atoms with E-state index in [4.69, 9.17) is 4.74 Å². The second-order valence-corrected chi connectivity index (χ2v) is 6.06. The standard InChI is InChI=1S/C16H25NO/c1-4-18-15-7-5-13(6-8-15)12-17-14-9-10-16(2,3)11-14/h5-8,14,17H,4,9-12H2,1-3H3. The molecule has 1 aliphatic carbocycles. The Balaban J connectivity index is 1.80. The van der Waals surface area contributed by atoms with Crippen LogP contribution in [0, 0.1) is 5.41 Å². The summed E-state index contributed by atoms with van der Waals surface area (Å²) in [7, 11) is 0. The summed E-state index contributed by atoms with van der Waals surface area (Å²) < 4.78 is 5.45. The number of hydrogen-bond acceptors (Lipinski definition) is 2. The number of nitrogens with one attached hydrogen (secondary N) is 1. The van der Waals surface area contributed by atoms with Crippen molar-refractivity contribution in [2.24, 2.45) is 5.41 Å². The predicted molar refractivity (Wildman–Crippen MR) is 75.9 cm³/mol. The first kappa shape index (κ1) is 13.4. The van der Waals surface area contributed by atoms with E-state index in [1.54, 1.807) is 0 Å². The van der Waals surface area contributed by atoms with E-state index in [0.29, 0.717) is 11.5 Å². The lowest BCUT2D eigenvalue weighted by molar-refractivity contribution is 0.340. The van der Waals surface area contributed by atoms with Crippen LogP contribution in [0.2, 0.25) is 0 Å². The van der Waals surface area contributed by atoms with Crippen molar-refractivity contribution >= 4 is 0 Å². The Kier molecular flexibility index (Phi) is 4.28. The maximum Gasteiger partial charge on any atom is 0.119 e. The zero-order valence-corrected chi connectivity index (χ0v) is 11.8. The highest BCUT2D eigenvalue weighted by Gasteiger charge is 2.30. The SMILES string of the molecule is CCOc1ccc(CNC2CCC(C)(C)C2)cc1. The largest absolute Gasteiger partial charge is 0.494 e. The van der Waals surface area contributed by atoms with E-state index in [1.807, 2.05) is 6.92 Å². The van der Waals surface area contributed by atoms with Crippen molar-refractivity contribution in [2.45, 2.75) is 52.6 Å². The number of rotatable bonds is 5. The molecule has 0 saturated heterocycles. The smallest absolute Gasteiger partial charge is 0.119 e. The predicted octanol–water partition coefficient (Wildman–Crippen LogP) is 3.75. The highest BCUT2D eigenvalue weighted by molar-refractivity contribution is 5.27. The van der Waals surface area contributed by atoms with Crippen LogP contribution < -0.4 is 10.1 Å². The molecule has 2 nitrogen and oxygen atoms in total. The molecule has 1 fully saturated rings. The topological polar surface area (TPSA) is 21.3 Å². The highest BCUT2D eigenvalue weighted by Crippen LogP contribution is 2.36. The van der Waals surface area contributed by atoms with Gasteiger partial charge in [-0.2, -0.15) is 0 Å². The van der Waals surface area contributed by atoms with Crippen LogP contribution in [0.5, 0.6) is 5.75 Å². The van der Waals surface area contributed by atoms with Gasteiger partial charge in [-0.15, -0.1) is 0 Å². The molecule has 0 amide bonds. The molecule has 18 heavy (non-hydrogen) atoms. The lowest BCUT2D eigenvalue weighted by Gasteiger charge is -2.18. The Bertz CT molecular complexity index is 369. The third-order valence-corrected chi connectivity index (χ3v) is 3.80. The molecule has 1 saturated carbocycles. The summed E-state index contributed by atoms with van der Waals surface area (Å²) in [6, 6.07) is 9.10. The molecule has 1 aromatic carbocycles. The Labute approximate surface area is 111 Å². The second kappa shape index (κ2) is 5.75. The molecule has 1 aromatic rings. The molecule has 0 aromatic heterocycles. The molecule has 0 heterocycles. The molecule has 0 aliphatic heterocycles. The molecular formula is C16H25NO. The summed E-state index contributed by atoms with van der Waals surface area (Å²) in [5.74, 6) is 0.961. The molecule has 2 heteroatoms. The first-order valence-electron chi connectivity index (χ1n) is 7.04. The van der Waals surface area contributed by atoms with Gasteiger partial charge in [-0.3, -0.25) is 0 Å². The van der Waals surface area contributed by atoms with Crippen LogP contribution in [0.3, 0.4) is 0 Å². The Hall–Kier alpha value is -1.02. The molecule has 1 atom stereocenters. The minimum atomic E-state index is 0.524. The molecule has 100 valence electrons. The zero-order chi connectivity index (χ0) is 13.0. The fraction of sp³-hybridized carbons (Fsp3) is 0.625. The van der Waals surface area contributed by atoms with E-state index in [9.17, 15) is 0 Å². The van der Waals surface area contributed by atoms with Crippen molar-refractivity contribution in [3.8, 4) is 5.75 Å². The Morgan fingerprint density at radius 3 is 2.56 bits per heavy atom. The van der Waals surface area contributed by atoms with Crippen molar-refractivity contribution in [3.63, 3.8) is 0 Å². The van der Waals surface area contributed by atoms with Crippen LogP contribution in [0.1, 0.15) is 45.6 Å². The van der Waals surface area contributed by atoms with Crippen LogP contribution in [0.4, 0.5) is 0 Å². The van der Waals surface area contributed by atoms with Crippen molar-refractivity contribution in [1.82, 2.24) is 5.32 Å². The second-order valence-electron chi connectivity index (χ2n) is 6.06. The molecule has 0 spiro atoms. The fourth-order valence-corrected chi connectivity index (χ4v) is 2.74. The molecular weight excluding hydrogens is 222 g/mol. The van der Waals surface area contributed by atoms with Crippen LogP contribution >= 0.6 is 0 Å². The summed E-state index contributed by atoms with van der Waals surface area (Å²) in [6.07, 6.45) is 3.95. The number of hydrogen-bond donors (Lipinski definition) is 1. The maximum atomic E-state index is 5.45. The molecule has 0 bridgehead atoms. The van der Waals surface area contributed by atoms with E-state index < -0.39 is 0 Å². The van der Waals surface area contributed by atoms with Gasteiger partial charge in [-0.05, 0) is 49.3 Å². The van der Waals surface area contributed by atoms with Crippen LogP contribution in [-0.2, 0) is 6.54 Å². The van der Waals surface area contributed by atoms with Crippen molar-refractivity contribution < 1.29 is 4.74 Å². The Morgan fingerprint density at radius 1 is 1.28 bits per heavy atom. The van der Waals surface area contributed by atoms with Crippen LogP contribution in [0.15, 0.2) is 24.3 Å². The first-order chi connectivity index (χ1) is 8.59. The summed E-state index contributed by atoms with van der Waals surface area (Å²) in [6.45, 7) is 8.44. The molecule has 1 aliphatic rings. The lowest BCUT2D eigenvalue weighted by Crippen LogP contribution is -2.26. The maximum absolute atomic E-state index is 5.45. The lowest BCUT2D eigenvalue weighted by atomic mass is 9.92. The van der Waals surface area contributed by atoms with E-state index in [1.165, 1.54) is 24.8 Å². The van der Waals surface area contributed by atoms with Gasteiger partial charge < -0.3 is 10.1 Å². The van der Waals surface area contributed by atoms with Gasteiger partial charge in [0.1, 0.15) is 5.75 Å². The van der Waals surface area contributed by atoms with Crippen LogP contribution in [-0.4, -0.2) is 12.6 Å². The van der Waals surface area contributed by atoms with E-state index in [0.717, 1.165) is 18.9 Å². The van der Waals surface area contributed by atoms with Gasteiger partial charge in [0.05, 0.1) is 6.61 Å². The van der Waals surface area contributed by atoms with Gasteiger partial charge in [-0.25, -0.2) is 0 Å². The third-order valence-electron chi connectivity index (χ3n) is 3.80. The van der Waals surface area contributed by atoms with Crippen molar-refractivity contribution in [2.75, 3.05) is 6.61 Å². The van der Waals surface area contributed by atoms with E-state index in [2.05, 4.69) is 43.4 Å². The van der Waals surface area contributed by atoms with Crippen molar-refractivity contribution in [3.05, 3.63) is 29.8 Å². The van der Waals surface area contributed by atoms with Gasteiger partial charge >= 0.3 is 0 Å². The average molecular weight is 247 g/mol. The molecule has 0 radical (unpaired) electrons. The fourth-order valence-electron chi connectivity index (χ4n) is 2.74. The summed E-state index contributed by atoms with van der Waals surface area (Å²) in [5.41, 5.74) is 1.86. The van der Waals surface area contributed by atoms with E-state index in [-0.39, 0.29) is 0 Å². The summed E-state index contributed by atoms with van der Waals surface area (Å²) >= 11 is 0. The van der Waals surface area contributed by atoms with Crippen LogP contribution in [0.25, 0.3) is 0 Å². The number of benzene rings is 1.